The molecule has 0 N–H and O–H groups in total. The van der Waals surface area contributed by atoms with E-state index in [0.717, 1.165) is 17.5 Å². The van der Waals surface area contributed by atoms with Gasteiger partial charge in [0.25, 0.3) is 0 Å². The number of aldehydes is 1. The summed E-state index contributed by atoms with van der Waals surface area (Å²) in [6.45, 7) is 2.18. The van der Waals surface area contributed by atoms with E-state index in [1.807, 2.05) is 11.7 Å². The van der Waals surface area contributed by atoms with Crippen LogP contribution in [0.25, 0.3) is 0 Å². The maximum absolute atomic E-state index is 10.7. The molecule has 0 bridgehead atoms. The average Bonchev–Trinajstić information content (AvgIpc) is 2.64. The van der Waals surface area contributed by atoms with Crippen LogP contribution in [-0.4, -0.2) is 16.1 Å². The van der Waals surface area contributed by atoms with Crippen LogP contribution in [0.3, 0.4) is 0 Å². The van der Waals surface area contributed by atoms with Gasteiger partial charge in [0.05, 0.1) is 17.5 Å². The fourth-order valence-electron chi connectivity index (χ4n) is 1.70. The van der Waals surface area contributed by atoms with Gasteiger partial charge in [-0.15, -0.1) is 0 Å². The van der Waals surface area contributed by atoms with Crippen molar-refractivity contribution < 1.29 is 4.79 Å². The molecule has 0 saturated heterocycles. The van der Waals surface area contributed by atoms with E-state index in [1.165, 1.54) is 12.8 Å². The fourth-order valence-corrected chi connectivity index (χ4v) is 1.70. The van der Waals surface area contributed by atoms with Crippen LogP contribution in [0.15, 0.2) is 6.20 Å². The van der Waals surface area contributed by atoms with Crippen molar-refractivity contribution in [3.63, 3.8) is 0 Å². The van der Waals surface area contributed by atoms with Gasteiger partial charge in [0.15, 0.2) is 6.29 Å². The summed E-state index contributed by atoms with van der Waals surface area (Å²) in [5.74, 6) is 0. The zero-order valence-corrected chi connectivity index (χ0v) is 7.37. The van der Waals surface area contributed by atoms with Crippen molar-refractivity contribution in [3.05, 3.63) is 17.5 Å². The van der Waals surface area contributed by atoms with Gasteiger partial charge in [0.1, 0.15) is 0 Å². The van der Waals surface area contributed by atoms with Crippen molar-refractivity contribution in [2.75, 3.05) is 0 Å². The van der Waals surface area contributed by atoms with Crippen LogP contribution in [0.4, 0.5) is 0 Å². The van der Waals surface area contributed by atoms with Crippen LogP contribution < -0.4 is 0 Å². The lowest BCUT2D eigenvalue weighted by atomic mass is 10.0. The predicted molar refractivity (Wildman–Crippen MR) is 45.2 cm³/mol. The fraction of sp³-hybridized carbons (Fsp3) is 0.556. The molecular weight excluding hydrogens is 152 g/mol. The molecule has 1 aliphatic carbocycles. The molecule has 1 aromatic heterocycles. The van der Waals surface area contributed by atoms with E-state index in [0.29, 0.717) is 0 Å². The molecule has 0 amide bonds. The van der Waals surface area contributed by atoms with Gasteiger partial charge in [0.2, 0.25) is 0 Å². The van der Waals surface area contributed by atoms with Crippen LogP contribution in [0.5, 0.6) is 0 Å². The third kappa shape index (κ3) is 0.891. The topological polar surface area (TPSA) is 34.9 Å². The van der Waals surface area contributed by atoms with Gasteiger partial charge in [-0.1, -0.05) is 6.92 Å². The van der Waals surface area contributed by atoms with E-state index in [9.17, 15) is 4.79 Å². The summed E-state index contributed by atoms with van der Waals surface area (Å²) >= 11 is 0. The van der Waals surface area contributed by atoms with E-state index in [1.54, 1.807) is 6.20 Å². The molecule has 0 aromatic carbocycles. The zero-order chi connectivity index (χ0) is 8.77. The molecule has 1 saturated carbocycles. The van der Waals surface area contributed by atoms with Gasteiger partial charge in [-0.3, -0.25) is 9.48 Å². The number of hydrogen-bond acceptors (Lipinski definition) is 2. The van der Waals surface area contributed by atoms with E-state index >= 15 is 0 Å². The van der Waals surface area contributed by atoms with Crippen LogP contribution in [0.1, 0.15) is 35.8 Å². The van der Waals surface area contributed by atoms with Crippen molar-refractivity contribution in [1.82, 2.24) is 9.78 Å². The number of aryl methyl sites for hydroxylation is 1. The molecule has 0 unspecified atom stereocenters. The normalized spacial score (nSPS) is 19.2. The highest BCUT2D eigenvalue weighted by molar-refractivity contribution is 5.77. The number of aromatic nitrogens is 2. The predicted octanol–water partition coefficient (Wildman–Crippen LogP) is 1.28. The van der Waals surface area contributed by atoms with Gasteiger partial charge in [0, 0.05) is 12.5 Å². The molecule has 3 nitrogen and oxygen atoms in total. The molecule has 1 heterocycles. The molecule has 0 atom stereocenters. The standard InChI is InChI=1S/C9H12N2O/c1-9(3-4-9)8-7(6-12)5-10-11(8)2/h5-6H,3-4H2,1-2H3. The first-order valence-electron chi connectivity index (χ1n) is 4.15. The largest absolute Gasteiger partial charge is 0.298 e. The summed E-state index contributed by atoms with van der Waals surface area (Å²) in [5.41, 5.74) is 2.07. The first-order chi connectivity index (χ1) is 5.67. The molecule has 1 fully saturated rings. The summed E-state index contributed by atoms with van der Waals surface area (Å²) in [5, 5.41) is 4.08. The SMILES string of the molecule is Cn1ncc(C=O)c1C1(C)CC1. The van der Waals surface area contributed by atoms with Gasteiger partial charge < -0.3 is 0 Å². The lowest BCUT2D eigenvalue weighted by molar-refractivity contribution is 0.112. The third-order valence-corrected chi connectivity index (χ3v) is 2.67. The number of carbonyl (C=O) groups is 1. The van der Waals surface area contributed by atoms with E-state index in [-0.39, 0.29) is 5.41 Å². The Morgan fingerprint density at radius 3 is 2.83 bits per heavy atom. The molecule has 12 heavy (non-hydrogen) atoms. The number of rotatable bonds is 2. The molecular formula is C9H12N2O. The Labute approximate surface area is 71.4 Å². The molecule has 2 rings (SSSR count). The molecule has 0 spiro atoms. The number of nitrogens with zero attached hydrogens (tertiary/aromatic N) is 2. The van der Waals surface area contributed by atoms with Crippen LogP contribution in [-0.2, 0) is 12.5 Å². The maximum atomic E-state index is 10.7. The Bertz CT molecular complexity index is 323. The van der Waals surface area contributed by atoms with Gasteiger partial charge >= 0.3 is 0 Å². The minimum atomic E-state index is 0.224. The van der Waals surface area contributed by atoms with Crippen LogP contribution in [0, 0.1) is 0 Å². The van der Waals surface area contributed by atoms with Gasteiger partial charge in [-0.05, 0) is 12.8 Å². The molecule has 0 radical (unpaired) electrons. The van der Waals surface area contributed by atoms with Crippen molar-refractivity contribution in [1.29, 1.82) is 0 Å². The lowest BCUT2D eigenvalue weighted by Gasteiger charge is -2.09. The Hall–Kier alpha value is -1.12. The summed E-state index contributed by atoms with van der Waals surface area (Å²) in [4.78, 5) is 10.7. The quantitative estimate of drug-likeness (QED) is 0.617. The summed E-state index contributed by atoms with van der Waals surface area (Å²) in [6.07, 6.45) is 4.89. The Morgan fingerprint density at radius 2 is 2.33 bits per heavy atom. The Kier molecular flexibility index (Phi) is 1.37. The highest BCUT2D eigenvalue weighted by Crippen LogP contribution is 2.48. The van der Waals surface area contributed by atoms with Gasteiger partial charge in [-0.25, -0.2) is 0 Å². The van der Waals surface area contributed by atoms with Crippen molar-refractivity contribution in [3.8, 4) is 0 Å². The molecule has 1 aromatic rings. The Morgan fingerprint density at radius 1 is 1.67 bits per heavy atom. The van der Waals surface area contributed by atoms with Crippen LogP contribution >= 0.6 is 0 Å². The summed E-state index contributed by atoms with van der Waals surface area (Å²) in [6, 6.07) is 0. The molecule has 1 aliphatic rings. The monoisotopic (exact) mass is 164 g/mol. The summed E-state index contributed by atoms with van der Waals surface area (Å²) in [7, 11) is 1.89. The van der Waals surface area contributed by atoms with Crippen molar-refractivity contribution in [2.24, 2.45) is 7.05 Å². The average molecular weight is 164 g/mol. The number of hydrogen-bond donors (Lipinski definition) is 0. The molecule has 3 heteroatoms. The smallest absolute Gasteiger partial charge is 0.153 e. The van der Waals surface area contributed by atoms with Crippen LogP contribution in [0.2, 0.25) is 0 Å². The highest BCUT2D eigenvalue weighted by atomic mass is 16.1. The summed E-state index contributed by atoms with van der Waals surface area (Å²) < 4.78 is 1.82. The maximum Gasteiger partial charge on any atom is 0.153 e. The minimum absolute atomic E-state index is 0.224. The second kappa shape index (κ2) is 2.19. The van der Waals surface area contributed by atoms with Crippen molar-refractivity contribution in [2.45, 2.75) is 25.2 Å². The van der Waals surface area contributed by atoms with E-state index in [4.69, 9.17) is 0 Å². The zero-order valence-electron chi connectivity index (χ0n) is 7.37. The third-order valence-electron chi connectivity index (χ3n) is 2.67. The van der Waals surface area contributed by atoms with Gasteiger partial charge in [-0.2, -0.15) is 5.10 Å². The first-order valence-corrected chi connectivity index (χ1v) is 4.15. The molecule has 64 valence electrons. The number of carbonyl (C=O) groups excluding carboxylic acids is 1. The molecule has 0 aliphatic heterocycles. The van der Waals surface area contributed by atoms with Crippen molar-refractivity contribution >= 4 is 6.29 Å². The van der Waals surface area contributed by atoms with E-state index < -0.39 is 0 Å². The highest BCUT2D eigenvalue weighted by Gasteiger charge is 2.43. The first kappa shape index (κ1) is 7.53. The Balaban J connectivity index is 2.52. The second-order valence-electron chi connectivity index (χ2n) is 3.75. The lowest BCUT2D eigenvalue weighted by Crippen LogP contribution is -2.10. The second-order valence-corrected chi connectivity index (χ2v) is 3.75. The minimum Gasteiger partial charge on any atom is -0.298 e. The van der Waals surface area contributed by atoms with E-state index in [2.05, 4.69) is 12.0 Å².